The van der Waals surface area contributed by atoms with E-state index in [-0.39, 0.29) is 11.8 Å². The minimum Gasteiger partial charge on any atom is -0.492 e. The van der Waals surface area contributed by atoms with E-state index in [1.807, 2.05) is 0 Å². The fraction of sp³-hybridized carbons (Fsp3) is 0.444. The molecule has 0 radical (unpaired) electrons. The number of thiazole rings is 1. The predicted molar refractivity (Wildman–Crippen MR) is 107 cm³/mol. The van der Waals surface area contributed by atoms with Crippen LogP contribution in [0.1, 0.15) is 47.3 Å². The molecule has 26 heavy (non-hydrogen) atoms. The minimum atomic E-state index is -0.267. The third-order valence-corrected chi connectivity index (χ3v) is 6.01. The molecule has 0 aliphatic heterocycles. The van der Waals surface area contributed by atoms with E-state index in [2.05, 4.69) is 15.6 Å². The summed E-state index contributed by atoms with van der Waals surface area (Å²) in [6.07, 6.45) is 6.57. The average molecular weight is 414 g/mol. The predicted octanol–water partition coefficient (Wildman–Crippen LogP) is 4.87. The summed E-state index contributed by atoms with van der Waals surface area (Å²) >= 11 is 13.3. The molecule has 140 valence electrons. The van der Waals surface area contributed by atoms with E-state index in [9.17, 15) is 9.90 Å². The lowest BCUT2D eigenvalue weighted by Gasteiger charge is -2.22. The molecule has 0 saturated heterocycles. The number of benzene rings is 1. The summed E-state index contributed by atoms with van der Waals surface area (Å²) in [5.41, 5.74) is 0.379. The third-order valence-electron chi connectivity index (χ3n) is 4.42. The summed E-state index contributed by atoms with van der Waals surface area (Å²) < 4.78 is 0. The zero-order valence-electron chi connectivity index (χ0n) is 14.2. The van der Waals surface area contributed by atoms with E-state index >= 15 is 0 Å². The quantitative estimate of drug-likeness (QED) is 0.630. The molecule has 1 aliphatic carbocycles. The highest BCUT2D eigenvalue weighted by molar-refractivity contribution is 7.15. The molecular formula is C18H21Cl2N3O2S. The molecule has 1 aromatic carbocycles. The lowest BCUT2D eigenvalue weighted by Crippen LogP contribution is -2.25. The van der Waals surface area contributed by atoms with Gasteiger partial charge in [0.1, 0.15) is 0 Å². The Kier molecular flexibility index (Phi) is 6.62. The van der Waals surface area contributed by atoms with Gasteiger partial charge in [-0.2, -0.15) is 4.98 Å². The third kappa shape index (κ3) is 5.02. The van der Waals surface area contributed by atoms with Gasteiger partial charge in [-0.1, -0.05) is 53.8 Å². The number of halogens is 2. The van der Waals surface area contributed by atoms with Crippen LogP contribution in [0.2, 0.25) is 10.0 Å². The van der Waals surface area contributed by atoms with E-state index in [1.54, 1.807) is 12.1 Å². The zero-order valence-corrected chi connectivity index (χ0v) is 16.6. The standard InChI is InChI=1S/C18H21Cl2N3O2S/c19-11-6-7-13(14(20)10-11)16(24)21-9-8-15-17(25)23-18(26-15)22-12-4-2-1-3-5-12/h6-7,10,12,25H,1-5,8-9H2,(H,21,24)(H,22,23). The second-order valence-corrected chi connectivity index (χ2v) is 8.30. The fourth-order valence-corrected chi connectivity index (χ4v) is 4.47. The van der Waals surface area contributed by atoms with Crippen molar-refractivity contribution in [3.63, 3.8) is 0 Å². The van der Waals surface area contributed by atoms with Crippen molar-refractivity contribution in [2.45, 2.75) is 44.6 Å². The maximum absolute atomic E-state index is 12.2. The Bertz CT molecular complexity index is 776. The van der Waals surface area contributed by atoms with Crippen LogP contribution < -0.4 is 10.6 Å². The first kappa shape index (κ1) is 19.3. The van der Waals surface area contributed by atoms with E-state index in [0.717, 1.165) is 22.9 Å². The summed E-state index contributed by atoms with van der Waals surface area (Å²) in [5.74, 6) is -0.233. The Balaban J connectivity index is 1.52. The smallest absolute Gasteiger partial charge is 0.252 e. The van der Waals surface area contributed by atoms with Crippen LogP contribution in [0.5, 0.6) is 5.88 Å². The van der Waals surface area contributed by atoms with Gasteiger partial charge in [0.2, 0.25) is 5.88 Å². The number of hydrogen-bond donors (Lipinski definition) is 3. The molecule has 3 rings (SSSR count). The molecule has 1 aromatic heterocycles. The lowest BCUT2D eigenvalue weighted by atomic mass is 9.96. The van der Waals surface area contributed by atoms with Gasteiger partial charge in [0, 0.05) is 24.0 Å². The van der Waals surface area contributed by atoms with E-state index in [4.69, 9.17) is 23.2 Å². The van der Waals surface area contributed by atoms with Crippen molar-refractivity contribution in [1.82, 2.24) is 10.3 Å². The topological polar surface area (TPSA) is 74.2 Å². The number of carbonyl (C=O) groups excluding carboxylic acids is 1. The van der Waals surface area contributed by atoms with Gasteiger partial charge in [0.15, 0.2) is 5.13 Å². The highest BCUT2D eigenvalue weighted by Gasteiger charge is 2.17. The summed E-state index contributed by atoms with van der Waals surface area (Å²) in [6, 6.07) is 5.20. The molecule has 0 atom stereocenters. The molecule has 1 saturated carbocycles. The number of carbonyl (C=O) groups is 1. The SMILES string of the molecule is O=C(NCCc1sc(NC2CCCCC2)nc1O)c1ccc(Cl)cc1Cl. The molecule has 8 heteroatoms. The Morgan fingerprint density at radius 1 is 1.27 bits per heavy atom. The molecule has 5 nitrogen and oxygen atoms in total. The molecule has 3 N–H and O–H groups in total. The van der Waals surface area contributed by atoms with Gasteiger partial charge in [0.05, 0.1) is 15.5 Å². The maximum atomic E-state index is 12.2. The van der Waals surface area contributed by atoms with Crippen LogP contribution >= 0.6 is 34.5 Å². The maximum Gasteiger partial charge on any atom is 0.252 e. The van der Waals surface area contributed by atoms with Crippen molar-refractivity contribution in [2.24, 2.45) is 0 Å². The Hall–Kier alpha value is -1.50. The Morgan fingerprint density at radius 2 is 2.04 bits per heavy atom. The molecule has 0 bridgehead atoms. The van der Waals surface area contributed by atoms with Crippen LogP contribution in [0.3, 0.4) is 0 Å². The lowest BCUT2D eigenvalue weighted by molar-refractivity contribution is 0.0954. The summed E-state index contributed by atoms with van der Waals surface area (Å²) in [5, 5.41) is 17.8. The van der Waals surface area contributed by atoms with E-state index in [1.165, 1.54) is 36.7 Å². The molecule has 2 aromatic rings. The molecule has 1 heterocycles. The van der Waals surface area contributed by atoms with Gasteiger partial charge in [-0.3, -0.25) is 4.79 Å². The number of amides is 1. The van der Waals surface area contributed by atoms with Gasteiger partial charge < -0.3 is 15.7 Å². The zero-order chi connectivity index (χ0) is 18.5. The largest absolute Gasteiger partial charge is 0.492 e. The van der Waals surface area contributed by atoms with Crippen molar-refractivity contribution in [3.05, 3.63) is 38.7 Å². The van der Waals surface area contributed by atoms with Gasteiger partial charge >= 0.3 is 0 Å². The van der Waals surface area contributed by atoms with E-state index < -0.39 is 0 Å². The number of hydrogen-bond acceptors (Lipinski definition) is 5. The molecule has 1 aliphatic rings. The fourth-order valence-electron chi connectivity index (χ4n) is 3.05. The normalized spacial score (nSPS) is 15.0. The summed E-state index contributed by atoms with van der Waals surface area (Å²) in [4.78, 5) is 17.1. The summed E-state index contributed by atoms with van der Waals surface area (Å²) in [6.45, 7) is 0.385. The first-order valence-electron chi connectivity index (χ1n) is 8.71. The Morgan fingerprint density at radius 3 is 2.77 bits per heavy atom. The van der Waals surface area contributed by atoms with Crippen LogP contribution in [0.15, 0.2) is 18.2 Å². The van der Waals surface area contributed by atoms with Crippen molar-refractivity contribution in [2.75, 3.05) is 11.9 Å². The highest BCUT2D eigenvalue weighted by atomic mass is 35.5. The highest BCUT2D eigenvalue weighted by Crippen LogP contribution is 2.30. The van der Waals surface area contributed by atoms with Crippen molar-refractivity contribution in [3.8, 4) is 5.88 Å². The van der Waals surface area contributed by atoms with Gasteiger partial charge in [-0.15, -0.1) is 0 Å². The van der Waals surface area contributed by atoms with Crippen LogP contribution in [0.25, 0.3) is 0 Å². The molecule has 0 unspecified atom stereocenters. The van der Waals surface area contributed by atoms with Gasteiger partial charge in [-0.25, -0.2) is 0 Å². The average Bonchev–Trinajstić information content (AvgIpc) is 2.95. The number of nitrogens with one attached hydrogen (secondary N) is 2. The number of rotatable bonds is 6. The molecule has 1 amide bonds. The molecule has 0 spiro atoms. The van der Waals surface area contributed by atoms with Crippen molar-refractivity contribution < 1.29 is 9.90 Å². The molecular weight excluding hydrogens is 393 g/mol. The number of aromatic hydroxyl groups is 1. The monoisotopic (exact) mass is 413 g/mol. The first-order chi connectivity index (χ1) is 12.5. The Labute approximate surface area is 166 Å². The van der Waals surface area contributed by atoms with Crippen molar-refractivity contribution in [1.29, 1.82) is 0 Å². The second-order valence-electron chi connectivity index (χ2n) is 6.38. The molecule has 1 fully saturated rings. The second kappa shape index (κ2) is 8.93. The number of anilines is 1. The first-order valence-corrected chi connectivity index (χ1v) is 10.3. The van der Waals surface area contributed by atoms with Crippen LogP contribution in [-0.2, 0) is 6.42 Å². The van der Waals surface area contributed by atoms with Gasteiger partial charge in [-0.05, 0) is 31.0 Å². The number of aromatic nitrogens is 1. The van der Waals surface area contributed by atoms with Crippen LogP contribution in [0, 0.1) is 0 Å². The number of nitrogens with zero attached hydrogens (tertiary/aromatic N) is 1. The van der Waals surface area contributed by atoms with Gasteiger partial charge in [0.25, 0.3) is 5.91 Å². The van der Waals surface area contributed by atoms with Crippen LogP contribution in [0.4, 0.5) is 5.13 Å². The van der Waals surface area contributed by atoms with Crippen LogP contribution in [-0.4, -0.2) is 28.6 Å². The van der Waals surface area contributed by atoms with E-state index in [0.29, 0.717) is 34.6 Å². The minimum absolute atomic E-state index is 0.0343. The summed E-state index contributed by atoms with van der Waals surface area (Å²) in [7, 11) is 0. The van der Waals surface area contributed by atoms with Crippen molar-refractivity contribution >= 4 is 45.6 Å².